The molecule has 2 atom stereocenters. The third kappa shape index (κ3) is 3.99. The lowest BCUT2D eigenvalue weighted by atomic mass is 10.0. The molecule has 3 rings (SSSR count). The molecule has 2 aliphatic carbocycles. The van der Waals surface area contributed by atoms with Crippen molar-refractivity contribution in [2.24, 2.45) is 5.92 Å². The van der Waals surface area contributed by atoms with Crippen LogP contribution in [0, 0.1) is 5.92 Å². The molecule has 9 heteroatoms. The average molecular weight is 382 g/mol. The van der Waals surface area contributed by atoms with Crippen LogP contribution in [-0.2, 0) is 14.8 Å². The molecular formula is C17H22N2O6S. The van der Waals surface area contributed by atoms with Crippen LogP contribution in [0.5, 0.6) is 5.75 Å². The van der Waals surface area contributed by atoms with E-state index >= 15 is 0 Å². The average Bonchev–Trinajstić information content (AvgIpc) is 3.27. The van der Waals surface area contributed by atoms with Crippen molar-refractivity contribution in [2.75, 3.05) is 7.11 Å². The van der Waals surface area contributed by atoms with Gasteiger partial charge in [0.15, 0.2) is 0 Å². The molecule has 3 N–H and O–H groups in total. The molecule has 142 valence electrons. The summed E-state index contributed by atoms with van der Waals surface area (Å²) < 4.78 is 32.7. The first-order valence-corrected chi connectivity index (χ1v) is 10.0. The Morgan fingerprint density at radius 1 is 1.19 bits per heavy atom. The topological polar surface area (TPSA) is 122 Å². The molecule has 0 radical (unpaired) electrons. The maximum atomic E-state index is 12.5. The van der Waals surface area contributed by atoms with Gasteiger partial charge in [-0.2, -0.15) is 0 Å². The second kappa shape index (κ2) is 7.24. The highest BCUT2D eigenvalue weighted by Gasteiger charge is 2.34. The number of ether oxygens (including phenoxy) is 1. The van der Waals surface area contributed by atoms with Crippen molar-refractivity contribution in [2.45, 2.75) is 49.1 Å². The molecule has 0 unspecified atom stereocenters. The Balaban J connectivity index is 1.82. The number of carbonyl (C=O) groups is 2. The summed E-state index contributed by atoms with van der Waals surface area (Å²) in [5.74, 6) is -1.89. The minimum Gasteiger partial charge on any atom is -0.495 e. The van der Waals surface area contributed by atoms with Crippen molar-refractivity contribution in [3.8, 4) is 5.75 Å². The summed E-state index contributed by atoms with van der Waals surface area (Å²) in [5.41, 5.74) is 0.151. The van der Waals surface area contributed by atoms with Crippen molar-refractivity contribution in [1.29, 1.82) is 0 Å². The quantitative estimate of drug-likeness (QED) is 0.650. The fraction of sp³-hybridized carbons (Fsp3) is 0.529. The van der Waals surface area contributed by atoms with E-state index in [1.54, 1.807) is 0 Å². The molecule has 0 aromatic heterocycles. The lowest BCUT2D eigenvalue weighted by molar-refractivity contribution is -0.142. The van der Waals surface area contributed by atoms with Crippen LogP contribution in [0.3, 0.4) is 0 Å². The van der Waals surface area contributed by atoms with Crippen LogP contribution in [0.1, 0.15) is 42.5 Å². The molecule has 0 aliphatic heterocycles. The molecule has 0 spiro atoms. The van der Waals surface area contributed by atoms with Gasteiger partial charge in [-0.15, -0.1) is 0 Å². The lowest BCUT2D eigenvalue weighted by Crippen LogP contribution is -2.40. The minimum absolute atomic E-state index is 0.0722. The number of methoxy groups -OCH3 is 1. The number of rotatable bonds is 7. The van der Waals surface area contributed by atoms with Crippen LogP contribution in [0.4, 0.5) is 0 Å². The number of aliphatic carboxylic acids is 1. The Morgan fingerprint density at radius 3 is 2.54 bits per heavy atom. The predicted octanol–water partition coefficient (Wildman–Crippen LogP) is 1.12. The predicted molar refractivity (Wildman–Crippen MR) is 92.6 cm³/mol. The number of carboxylic acid groups (broad SMARTS) is 1. The van der Waals surface area contributed by atoms with Gasteiger partial charge in [0.05, 0.1) is 13.0 Å². The van der Waals surface area contributed by atoms with Crippen LogP contribution in [0.15, 0.2) is 23.1 Å². The molecule has 0 bridgehead atoms. The standard InChI is InChI=1S/C17H22N2O6S/c1-25-14-8-5-10(9-15(14)26(23,24)19-11-6-7-11)16(20)18-13-4-2-3-12(13)17(21)22/h5,8-9,11-13,19H,2-4,6-7H2,1H3,(H,18,20)(H,21,22)/t12-,13+/m0/s1. The Bertz CT molecular complexity index is 819. The van der Waals surface area contributed by atoms with Crippen LogP contribution in [-0.4, -0.2) is 44.6 Å². The Hall–Kier alpha value is -2.13. The van der Waals surface area contributed by atoms with E-state index < -0.39 is 33.9 Å². The largest absolute Gasteiger partial charge is 0.495 e. The number of carbonyl (C=O) groups excluding carboxylic acids is 1. The highest BCUT2D eigenvalue weighted by molar-refractivity contribution is 7.89. The van der Waals surface area contributed by atoms with Crippen molar-refractivity contribution in [3.63, 3.8) is 0 Å². The molecule has 1 amide bonds. The van der Waals surface area contributed by atoms with Crippen LogP contribution in [0.25, 0.3) is 0 Å². The van der Waals surface area contributed by atoms with E-state index in [4.69, 9.17) is 4.74 Å². The SMILES string of the molecule is COc1ccc(C(=O)N[C@@H]2CCC[C@@H]2C(=O)O)cc1S(=O)(=O)NC1CC1. The smallest absolute Gasteiger partial charge is 0.308 e. The molecule has 2 fully saturated rings. The van der Waals surface area contributed by atoms with Crippen molar-refractivity contribution < 1.29 is 27.9 Å². The summed E-state index contributed by atoms with van der Waals surface area (Å²) in [6.45, 7) is 0. The first-order chi connectivity index (χ1) is 12.3. The zero-order chi connectivity index (χ0) is 18.9. The van der Waals surface area contributed by atoms with Gasteiger partial charge in [-0.05, 0) is 43.9 Å². The van der Waals surface area contributed by atoms with E-state index in [1.807, 2.05) is 0 Å². The number of amides is 1. The van der Waals surface area contributed by atoms with E-state index in [2.05, 4.69) is 10.0 Å². The molecule has 1 aromatic carbocycles. The van der Waals surface area contributed by atoms with Gasteiger partial charge in [0, 0.05) is 17.6 Å². The summed E-state index contributed by atoms with van der Waals surface area (Å²) in [6, 6.07) is 3.64. The third-order valence-electron chi connectivity index (χ3n) is 4.76. The summed E-state index contributed by atoms with van der Waals surface area (Å²) >= 11 is 0. The van der Waals surface area contributed by atoms with E-state index in [-0.39, 0.29) is 22.3 Å². The van der Waals surface area contributed by atoms with E-state index in [0.717, 1.165) is 19.3 Å². The number of nitrogens with one attached hydrogen (secondary N) is 2. The summed E-state index contributed by atoms with van der Waals surface area (Å²) in [5, 5.41) is 11.9. The minimum atomic E-state index is -3.80. The first kappa shape index (κ1) is 18.7. The van der Waals surface area contributed by atoms with Crippen molar-refractivity contribution in [3.05, 3.63) is 23.8 Å². The number of hydrogen-bond donors (Lipinski definition) is 3. The fourth-order valence-corrected chi connectivity index (χ4v) is 4.69. The molecule has 8 nitrogen and oxygen atoms in total. The summed E-state index contributed by atoms with van der Waals surface area (Å²) in [7, 11) is -2.43. The van der Waals surface area contributed by atoms with Crippen molar-refractivity contribution >= 4 is 21.9 Å². The van der Waals surface area contributed by atoms with Crippen LogP contribution >= 0.6 is 0 Å². The van der Waals surface area contributed by atoms with Gasteiger partial charge in [0.1, 0.15) is 10.6 Å². The van der Waals surface area contributed by atoms with Gasteiger partial charge in [-0.25, -0.2) is 13.1 Å². The zero-order valence-electron chi connectivity index (χ0n) is 14.4. The maximum absolute atomic E-state index is 12.5. The monoisotopic (exact) mass is 382 g/mol. The zero-order valence-corrected chi connectivity index (χ0v) is 15.2. The highest BCUT2D eigenvalue weighted by atomic mass is 32.2. The van der Waals surface area contributed by atoms with Gasteiger partial charge >= 0.3 is 5.97 Å². The van der Waals surface area contributed by atoms with E-state index in [0.29, 0.717) is 12.8 Å². The number of hydrogen-bond acceptors (Lipinski definition) is 5. The number of carboxylic acids is 1. The van der Waals surface area contributed by atoms with Gasteiger partial charge < -0.3 is 15.2 Å². The lowest BCUT2D eigenvalue weighted by Gasteiger charge is -2.18. The fourth-order valence-electron chi connectivity index (χ4n) is 3.19. The highest BCUT2D eigenvalue weighted by Crippen LogP contribution is 2.29. The number of sulfonamides is 1. The second-order valence-electron chi connectivity index (χ2n) is 6.72. The molecule has 26 heavy (non-hydrogen) atoms. The summed E-state index contributed by atoms with van der Waals surface area (Å²) in [6.07, 6.45) is 3.43. The Labute approximate surface area is 152 Å². The molecule has 2 saturated carbocycles. The molecule has 0 heterocycles. The first-order valence-electron chi connectivity index (χ1n) is 8.56. The molecule has 0 saturated heterocycles. The summed E-state index contributed by atoms with van der Waals surface area (Å²) in [4.78, 5) is 23.7. The Kier molecular flexibility index (Phi) is 5.19. The van der Waals surface area contributed by atoms with Gasteiger partial charge in [-0.1, -0.05) is 6.42 Å². The van der Waals surface area contributed by atoms with Gasteiger partial charge in [0.25, 0.3) is 5.91 Å². The van der Waals surface area contributed by atoms with Crippen LogP contribution < -0.4 is 14.8 Å². The van der Waals surface area contributed by atoms with Crippen LogP contribution in [0.2, 0.25) is 0 Å². The van der Waals surface area contributed by atoms with E-state index in [1.165, 1.54) is 25.3 Å². The van der Waals surface area contributed by atoms with Crippen molar-refractivity contribution in [1.82, 2.24) is 10.0 Å². The van der Waals surface area contributed by atoms with E-state index in [9.17, 15) is 23.1 Å². The second-order valence-corrected chi connectivity index (χ2v) is 8.40. The Morgan fingerprint density at radius 2 is 1.92 bits per heavy atom. The normalized spacial score (nSPS) is 22.8. The molecule has 2 aliphatic rings. The van der Waals surface area contributed by atoms with Gasteiger partial charge in [-0.3, -0.25) is 9.59 Å². The van der Waals surface area contributed by atoms with Gasteiger partial charge in [0.2, 0.25) is 10.0 Å². The molecule has 1 aromatic rings. The maximum Gasteiger partial charge on any atom is 0.308 e. The third-order valence-corrected chi connectivity index (χ3v) is 6.31. The number of benzene rings is 1. The molecular weight excluding hydrogens is 360 g/mol.